The first-order valence-electron chi connectivity index (χ1n) is 9.82. The van der Waals surface area contributed by atoms with Gasteiger partial charge in [-0.1, -0.05) is 16.8 Å². The summed E-state index contributed by atoms with van der Waals surface area (Å²) in [5, 5.41) is 8.99. The van der Waals surface area contributed by atoms with E-state index < -0.39 is 5.92 Å². The lowest BCUT2D eigenvalue weighted by molar-refractivity contribution is 0.0114. The molecule has 0 spiro atoms. The number of hydrogen-bond acceptors (Lipinski definition) is 5. The van der Waals surface area contributed by atoms with Gasteiger partial charge >= 0.3 is 0 Å². The number of halogens is 4. The highest BCUT2D eigenvalue weighted by Gasteiger charge is 2.38. The summed E-state index contributed by atoms with van der Waals surface area (Å²) in [6.07, 6.45) is 3.81. The number of ether oxygens (including phenoxy) is 1. The average Bonchev–Trinajstić information content (AvgIpc) is 3.32. The van der Waals surface area contributed by atoms with Crippen molar-refractivity contribution in [3.8, 4) is 11.6 Å². The van der Waals surface area contributed by atoms with E-state index in [1.54, 1.807) is 11.0 Å². The number of alkyl halides is 2. The number of nitrogens with zero attached hydrogens (tertiary/aromatic N) is 5. The van der Waals surface area contributed by atoms with Gasteiger partial charge < -0.3 is 4.74 Å². The maximum Gasteiger partial charge on any atom is 0.261 e. The van der Waals surface area contributed by atoms with Gasteiger partial charge in [0, 0.05) is 37.8 Å². The number of pyridine rings is 1. The molecule has 1 aromatic carbocycles. The average molecular weight is 499 g/mol. The Morgan fingerprint density at radius 1 is 1.30 bits per heavy atom. The van der Waals surface area contributed by atoms with Crippen LogP contribution in [0.2, 0.25) is 5.02 Å². The number of fused-ring (bicyclic) bond motifs is 1. The topological polar surface area (TPSA) is 56.1 Å². The maximum absolute atomic E-state index is 13.6. The Kier molecular flexibility index (Phi) is 5.15. The normalized spacial score (nSPS) is 18.9. The van der Waals surface area contributed by atoms with E-state index in [-0.39, 0.29) is 19.5 Å². The molecule has 0 amide bonds. The monoisotopic (exact) mass is 497 g/mol. The molecular weight excluding hydrogens is 480 g/mol. The van der Waals surface area contributed by atoms with Crippen molar-refractivity contribution < 1.29 is 13.5 Å². The predicted octanol–water partition coefficient (Wildman–Crippen LogP) is 5.29. The second-order valence-corrected chi connectivity index (χ2v) is 9.23. The van der Waals surface area contributed by atoms with E-state index in [2.05, 4.69) is 31.2 Å². The maximum atomic E-state index is 13.6. The van der Waals surface area contributed by atoms with Crippen LogP contribution < -0.4 is 4.74 Å². The van der Waals surface area contributed by atoms with Crippen LogP contribution >= 0.6 is 27.5 Å². The van der Waals surface area contributed by atoms with Gasteiger partial charge in [-0.3, -0.25) is 4.90 Å². The van der Waals surface area contributed by atoms with Gasteiger partial charge in [-0.2, -0.15) is 0 Å². The molecule has 0 N–H and O–H groups in total. The molecule has 1 aliphatic carbocycles. The first-order valence-corrected chi connectivity index (χ1v) is 11.0. The molecule has 2 fully saturated rings. The molecule has 6 nitrogen and oxygen atoms in total. The minimum atomic E-state index is -2.66. The molecule has 3 heterocycles. The van der Waals surface area contributed by atoms with Crippen LogP contribution in [-0.2, 0) is 13.1 Å². The number of hydrogen-bond donors (Lipinski definition) is 0. The first-order chi connectivity index (χ1) is 14.4. The second kappa shape index (κ2) is 7.69. The largest absolute Gasteiger partial charge is 0.437 e. The molecule has 1 saturated carbocycles. The summed E-state index contributed by atoms with van der Waals surface area (Å²) in [6, 6.07) is 5.47. The van der Waals surface area contributed by atoms with Crippen molar-refractivity contribution in [3.63, 3.8) is 0 Å². The van der Waals surface area contributed by atoms with Gasteiger partial charge in [-0.25, -0.2) is 18.4 Å². The zero-order valence-corrected chi connectivity index (χ0v) is 18.3. The van der Waals surface area contributed by atoms with E-state index in [4.69, 9.17) is 16.3 Å². The Balaban J connectivity index is 1.41. The minimum Gasteiger partial charge on any atom is -0.437 e. The van der Waals surface area contributed by atoms with Gasteiger partial charge in [0.25, 0.3) is 5.92 Å². The quantitative estimate of drug-likeness (QED) is 0.462. The molecule has 1 aliphatic heterocycles. The lowest BCUT2D eigenvalue weighted by Gasteiger charge is -2.18. The summed E-state index contributed by atoms with van der Waals surface area (Å²) in [5.41, 5.74) is 2.30. The van der Waals surface area contributed by atoms with Crippen molar-refractivity contribution in [3.05, 3.63) is 39.5 Å². The number of likely N-dealkylation sites (tertiary alicyclic amines) is 1. The highest BCUT2D eigenvalue weighted by Crippen LogP contribution is 2.38. The Morgan fingerprint density at radius 2 is 2.13 bits per heavy atom. The van der Waals surface area contributed by atoms with Gasteiger partial charge in [0.05, 0.1) is 21.6 Å². The molecule has 3 aromatic rings. The summed E-state index contributed by atoms with van der Waals surface area (Å²) in [7, 11) is 0. The molecule has 30 heavy (non-hydrogen) atoms. The summed E-state index contributed by atoms with van der Waals surface area (Å²) in [4.78, 5) is 5.98. The van der Waals surface area contributed by atoms with E-state index in [1.165, 1.54) is 19.0 Å². The van der Waals surface area contributed by atoms with Gasteiger partial charge in [-0.05, 0) is 52.9 Å². The fourth-order valence-electron chi connectivity index (χ4n) is 3.71. The molecule has 0 unspecified atom stereocenters. The molecule has 2 aliphatic rings. The highest BCUT2D eigenvalue weighted by atomic mass is 79.9. The van der Waals surface area contributed by atoms with Crippen LogP contribution in [0.15, 0.2) is 28.9 Å². The lowest BCUT2D eigenvalue weighted by Crippen LogP contribution is -2.25. The Labute approximate surface area is 185 Å². The molecule has 2 aromatic heterocycles. The first kappa shape index (κ1) is 20.1. The number of aromatic nitrogens is 4. The van der Waals surface area contributed by atoms with Crippen LogP contribution in [0.3, 0.4) is 0 Å². The van der Waals surface area contributed by atoms with Crippen LogP contribution in [0.1, 0.15) is 24.8 Å². The van der Waals surface area contributed by atoms with E-state index in [9.17, 15) is 8.78 Å². The van der Waals surface area contributed by atoms with Crippen molar-refractivity contribution in [2.75, 3.05) is 13.1 Å². The van der Waals surface area contributed by atoms with Gasteiger partial charge in [0.2, 0.25) is 5.88 Å². The Hall–Kier alpha value is -1.84. The lowest BCUT2D eigenvalue weighted by atomic mass is 10.2. The molecule has 0 bridgehead atoms. The van der Waals surface area contributed by atoms with Gasteiger partial charge in [0.1, 0.15) is 11.3 Å². The molecule has 1 saturated heterocycles. The zero-order valence-electron chi connectivity index (χ0n) is 16.0. The fourth-order valence-corrected chi connectivity index (χ4v) is 4.38. The molecule has 0 atom stereocenters. The Morgan fingerprint density at radius 3 is 2.87 bits per heavy atom. The second-order valence-electron chi connectivity index (χ2n) is 8.00. The standard InChI is InChI=1S/C20H19BrClF2N5O/c21-17-16(4-3-15-18(17)26-27-29(15)9-12-1-2-12)30-19-13(7-14(22)8-25-19)10-28-6-5-20(23,24)11-28/h3-4,7-8,12H,1-2,5-6,9-11H2. The van der Waals surface area contributed by atoms with Crippen LogP contribution in [0.4, 0.5) is 8.78 Å². The van der Waals surface area contributed by atoms with Crippen molar-refractivity contribution in [1.82, 2.24) is 24.9 Å². The van der Waals surface area contributed by atoms with Gasteiger partial charge in [-0.15, -0.1) is 5.10 Å². The highest BCUT2D eigenvalue weighted by molar-refractivity contribution is 9.10. The van der Waals surface area contributed by atoms with Crippen LogP contribution in [-0.4, -0.2) is 43.9 Å². The van der Waals surface area contributed by atoms with E-state index in [1.807, 2.05) is 16.8 Å². The fraction of sp³-hybridized carbons (Fsp3) is 0.450. The predicted molar refractivity (Wildman–Crippen MR) is 112 cm³/mol. The molecule has 5 rings (SSSR count). The third-order valence-electron chi connectivity index (χ3n) is 5.46. The van der Waals surface area contributed by atoms with E-state index >= 15 is 0 Å². The smallest absolute Gasteiger partial charge is 0.261 e. The van der Waals surface area contributed by atoms with Gasteiger partial charge in [0.15, 0.2) is 0 Å². The summed E-state index contributed by atoms with van der Waals surface area (Å²) in [6.45, 7) is 1.19. The van der Waals surface area contributed by atoms with Crippen molar-refractivity contribution in [2.45, 2.75) is 38.3 Å². The summed E-state index contributed by atoms with van der Waals surface area (Å²) >= 11 is 9.68. The minimum absolute atomic E-state index is 0.143. The van der Waals surface area contributed by atoms with E-state index in [0.29, 0.717) is 44.7 Å². The van der Waals surface area contributed by atoms with Crippen molar-refractivity contribution >= 4 is 38.6 Å². The van der Waals surface area contributed by atoms with Crippen LogP contribution in [0, 0.1) is 5.92 Å². The SMILES string of the molecule is FC1(F)CCN(Cc2cc(Cl)cnc2Oc2ccc3c(nnn3CC3CC3)c2Br)C1. The third-order valence-corrected chi connectivity index (χ3v) is 6.43. The van der Waals surface area contributed by atoms with Crippen molar-refractivity contribution in [2.24, 2.45) is 5.92 Å². The van der Waals surface area contributed by atoms with Crippen LogP contribution in [0.5, 0.6) is 11.6 Å². The summed E-state index contributed by atoms with van der Waals surface area (Å²) in [5.74, 6) is -1.11. The third kappa shape index (κ3) is 4.15. The van der Waals surface area contributed by atoms with E-state index in [0.717, 1.165) is 12.1 Å². The number of rotatable bonds is 6. The molecule has 0 radical (unpaired) electrons. The van der Waals surface area contributed by atoms with Crippen molar-refractivity contribution in [1.29, 1.82) is 0 Å². The Bertz CT molecular complexity index is 1100. The molecular formula is C20H19BrClF2N5O. The number of benzene rings is 1. The zero-order chi connectivity index (χ0) is 20.9. The molecule has 10 heteroatoms. The molecule has 158 valence electrons. The summed E-state index contributed by atoms with van der Waals surface area (Å²) < 4.78 is 35.8. The van der Waals surface area contributed by atoms with Crippen LogP contribution in [0.25, 0.3) is 11.0 Å².